The van der Waals surface area contributed by atoms with E-state index < -0.39 is 11.9 Å². The molecule has 7 nitrogen and oxygen atoms in total. The molecular weight excluding hydrogens is 344 g/mol. The van der Waals surface area contributed by atoms with Gasteiger partial charge in [0.25, 0.3) is 0 Å². The minimum Gasteiger partial charge on any atom is -0.463 e. The lowest BCUT2D eigenvalue weighted by molar-refractivity contribution is -0.137. The summed E-state index contributed by atoms with van der Waals surface area (Å²) in [5.41, 5.74) is 0.628. The number of benzene rings is 1. The van der Waals surface area contributed by atoms with E-state index in [9.17, 15) is 14.4 Å². The third-order valence-corrected chi connectivity index (χ3v) is 4.24. The van der Waals surface area contributed by atoms with Gasteiger partial charge in [-0.1, -0.05) is 17.8 Å². The Morgan fingerprint density at radius 1 is 1.40 bits per heavy atom. The Morgan fingerprint density at radius 2 is 2.20 bits per heavy atom. The van der Waals surface area contributed by atoms with Crippen molar-refractivity contribution in [1.29, 1.82) is 5.26 Å². The van der Waals surface area contributed by atoms with Gasteiger partial charge >= 0.3 is 11.9 Å². The van der Waals surface area contributed by atoms with Gasteiger partial charge < -0.3 is 14.4 Å². The fourth-order valence-electron chi connectivity index (χ4n) is 2.08. The summed E-state index contributed by atoms with van der Waals surface area (Å²) in [6.07, 6.45) is 1.26. The summed E-state index contributed by atoms with van der Waals surface area (Å²) < 4.78 is 9.98. The second kappa shape index (κ2) is 8.89. The summed E-state index contributed by atoms with van der Waals surface area (Å²) in [5.74, 6) is -1.03. The van der Waals surface area contributed by atoms with Crippen molar-refractivity contribution in [2.45, 2.75) is 6.92 Å². The number of nitriles is 1. The first-order valence-electron chi connectivity index (χ1n) is 7.54. The molecule has 8 heteroatoms. The predicted molar refractivity (Wildman–Crippen MR) is 90.3 cm³/mol. The number of hydrogen-bond donors (Lipinski definition) is 0. The van der Waals surface area contributed by atoms with Gasteiger partial charge in [0.1, 0.15) is 6.61 Å². The molecule has 0 spiro atoms. The fraction of sp³-hybridized carbons (Fsp3) is 0.294. The van der Waals surface area contributed by atoms with E-state index in [0.29, 0.717) is 10.6 Å². The van der Waals surface area contributed by atoms with Crippen LogP contribution < -0.4 is 0 Å². The molecule has 25 heavy (non-hydrogen) atoms. The predicted octanol–water partition coefficient (Wildman–Crippen LogP) is 1.69. The highest BCUT2D eigenvalue weighted by atomic mass is 32.2. The number of hydrogen-bond acceptors (Lipinski definition) is 7. The van der Waals surface area contributed by atoms with Crippen molar-refractivity contribution in [3.8, 4) is 6.07 Å². The van der Waals surface area contributed by atoms with Crippen LogP contribution in [0.5, 0.6) is 0 Å². The van der Waals surface area contributed by atoms with Crippen LogP contribution in [-0.2, 0) is 19.1 Å². The Bertz CT molecular complexity index is 754. The second-order valence-electron chi connectivity index (χ2n) is 4.90. The van der Waals surface area contributed by atoms with Gasteiger partial charge in [-0.3, -0.25) is 4.79 Å². The van der Waals surface area contributed by atoms with Gasteiger partial charge in [-0.15, -0.1) is 0 Å². The molecule has 0 radical (unpaired) electrons. The number of amides is 1. The van der Waals surface area contributed by atoms with Gasteiger partial charge in [-0.25, -0.2) is 9.59 Å². The summed E-state index contributed by atoms with van der Waals surface area (Å²) in [7, 11) is 0. The molecule has 0 atom stereocenters. The molecule has 0 aliphatic carbocycles. The van der Waals surface area contributed by atoms with Gasteiger partial charge in [-0.05, 0) is 25.1 Å². The van der Waals surface area contributed by atoms with Crippen molar-refractivity contribution in [2.24, 2.45) is 0 Å². The van der Waals surface area contributed by atoms with Gasteiger partial charge in [0.15, 0.2) is 0 Å². The molecule has 0 N–H and O–H groups in total. The molecule has 0 saturated carbocycles. The molecule has 1 aliphatic rings. The van der Waals surface area contributed by atoms with Crippen LogP contribution in [0.15, 0.2) is 35.4 Å². The van der Waals surface area contributed by atoms with Crippen molar-refractivity contribution >= 4 is 29.6 Å². The van der Waals surface area contributed by atoms with E-state index in [2.05, 4.69) is 0 Å². The summed E-state index contributed by atoms with van der Waals surface area (Å²) >= 11 is 1.23. The van der Waals surface area contributed by atoms with Crippen LogP contribution in [0.1, 0.15) is 22.8 Å². The van der Waals surface area contributed by atoms with Crippen LogP contribution in [0, 0.1) is 11.3 Å². The summed E-state index contributed by atoms with van der Waals surface area (Å²) in [4.78, 5) is 36.8. The average Bonchev–Trinajstić information content (AvgIpc) is 2.95. The zero-order valence-electron chi connectivity index (χ0n) is 13.6. The van der Waals surface area contributed by atoms with Crippen molar-refractivity contribution in [3.05, 3.63) is 46.5 Å². The third kappa shape index (κ3) is 5.09. The normalized spacial score (nSPS) is 15.1. The Morgan fingerprint density at radius 3 is 2.92 bits per heavy atom. The van der Waals surface area contributed by atoms with Crippen LogP contribution in [0.4, 0.5) is 0 Å². The summed E-state index contributed by atoms with van der Waals surface area (Å²) in [5, 5.41) is 9.32. The number of nitrogens with zero attached hydrogens (tertiary/aromatic N) is 2. The molecule has 0 unspecified atom stereocenters. The van der Waals surface area contributed by atoms with E-state index in [4.69, 9.17) is 14.7 Å². The van der Waals surface area contributed by atoms with Crippen LogP contribution in [0.3, 0.4) is 0 Å². The standard InChI is InChI=1S/C17H16N2O5S/c1-2-23-16(21)9-15-19(14(20)11-25-15)6-7-24-17(22)13-5-3-4-12(8-13)10-18/h3-5,8-9H,2,6-7,11H2,1H3/b15-9-. The van der Waals surface area contributed by atoms with Crippen LogP contribution in [0.2, 0.25) is 0 Å². The number of thioether (sulfide) groups is 1. The highest BCUT2D eigenvalue weighted by Crippen LogP contribution is 2.28. The van der Waals surface area contributed by atoms with E-state index in [-0.39, 0.29) is 37.0 Å². The number of esters is 2. The van der Waals surface area contributed by atoms with Gasteiger partial charge in [0.05, 0.1) is 47.2 Å². The topological polar surface area (TPSA) is 96.7 Å². The lowest BCUT2D eigenvalue weighted by atomic mass is 10.1. The van der Waals surface area contributed by atoms with Gasteiger partial charge in [0, 0.05) is 0 Å². The highest BCUT2D eigenvalue weighted by molar-refractivity contribution is 8.04. The van der Waals surface area contributed by atoms with E-state index >= 15 is 0 Å². The van der Waals surface area contributed by atoms with Crippen molar-refractivity contribution in [1.82, 2.24) is 4.90 Å². The SMILES string of the molecule is CCOC(=O)/C=C1\SCC(=O)N1CCOC(=O)c1cccc(C#N)c1. The maximum absolute atomic E-state index is 12.0. The largest absolute Gasteiger partial charge is 0.463 e. The maximum atomic E-state index is 12.0. The minimum atomic E-state index is -0.577. The van der Waals surface area contributed by atoms with Gasteiger partial charge in [-0.2, -0.15) is 5.26 Å². The molecule has 1 saturated heterocycles. The Labute approximate surface area is 149 Å². The lowest BCUT2D eigenvalue weighted by Crippen LogP contribution is -2.29. The monoisotopic (exact) mass is 360 g/mol. The molecule has 0 bridgehead atoms. The quantitative estimate of drug-likeness (QED) is 0.562. The molecule has 2 rings (SSSR count). The van der Waals surface area contributed by atoms with Crippen LogP contribution in [-0.4, -0.2) is 48.3 Å². The van der Waals surface area contributed by atoms with Crippen molar-refractivity contribution in [2.75, 3.05) is 25.5 Å². The second-order valence-corrected chi connectivity index (χ2v) is 5.89. The van der Waals surface area contributed by atoms with Crippen molar-refractivity contribution < 1.29 is 23.9 Å². The first kappa shape index (κ1) is 18.5. The van der Waals surface area contributed by atoms with Crippen LogP contribution >= 0.6 is 11.8 Å². The molecule has 1 aromatic carbocycles. The minimum absolute atomic E-state index is 0.0257. The first-order chi connectivity index (χ1) is 12.0. The number of carbonyl (C=O) groups excluding carboxylic acids is 3. The summed E-state index contributed by atoms with van der Waals surface area (Å²) in [6.45, 7) is 2.06. The molecule has 1 aliphatic heterocycles. The van der Waals surface area contributed by atoms with E-state index in [0.717, 1.165) is 0 Å². The van der Waals surface area contributed by atoms with Gasteiger partial charge in [0.2, 0.25) is 5.91 Å². The third-order valence-electron chi connectivity index (χ3n) is 3.21. The zero-order valence-corrected chi connectivity index (χ0v) is 14.4. The Kier molecular flexibility index (Phi) is 6.60. The Hall–Kier alpha value is -2.79. The van der Waals surface area contributed by atoms with E-state index in [1.807, 2.05) is 6.07 Å². The van der Waals surface area contributed by atoms with Crippen molar-refractivity contribution in [3.63, 3.8) is 0 Å². The molecule has 1 fully saturated rings. The highest BCUT2D eigenvalue weighted by Gasteiger charge is 2.27. The number of ether oxygens (including phenoxy) is 2. The molecule has 1 amide bonds. The van der Waals surface area contributed by atoms with E-state index in [1.165, 1.54) is 28.8 Å². The maximum Gasteiger partial charge on any atom is 0.338 e. The Balaban J connectivity index is 1.93. The number of rotatable bonds is 6. The molecule has 130 valence electrons. The molecule has 1 aromatic rings. The zero-order chi connectivity index (χ0) is 18.2. The smallest absolute Gasteiger partial charge is 0.338 e. The molecular formula is C17H16N2O5S. The summed E-state index contributed by atoms with van der Waals surface area (Å²) in [6, 6.07) is 8.11. The number of carbonyl (C=O) groups is 3. The average molecular weight is 360 g/mol. The lowest BCUT2D eigenvalue weighted by Gasteiger charge is -2.16. The molecule has 0 aromatic heterocycles. The molecule has 1 heterocycles. The first-order valence-corrected chi connectivity index (χ1v) is 8.52. The van der Waals surface area contributed by atoms with E-state index in [1.54, 1.807) is 25.1 Å². The van der Waals surface area contributed by atoms with Crippen LogP contribution in [0.25, 0.3) is 0 Å². The fourth-order valence-corrected chi connectivity index (χ4v) is 3.04.